The SMILES string of the molecule is O=C(O)N1C[C@H]2C[C@@H](Oc3cccc(Br)c3)C[C@H]2C1. The van der Waals surface area contributed by atoms with E-state index in [4.69, 9.17) is 9.84 Å². The molecule has 0 spiro atoms. The van der Waals surface area contributed by atoms with E-state index in [2.05, 4.69) is 15.9 Å². The van der Waals surface area contributed by atoms with Gasteiger partial charge in [-0.15, -0.1) is 0 Å². The Morgan fingerprint density at radius 2 is 2.00 bits per heavy atom. The lowest BCUT2D eigenvalue weighted by atomic mass is 10.0. The molecule has 2 aliphatic rings. The van der Waals surface area contributed by atoms with Gasteiger partial charge in [-0.25, -0.2) is 4.79 Å². The van der Waals surface area contributed by atoms with Gasteiger partial charge in [-0.1, -0.05) is 22.0 Å². The van der Waals surface area contributed by atoms with E-state index in [9.17, 15) is 4.79 Å². The predicted molar refractivity (Wildman–Crippen MR) is 74.4 cm³/mol. The highest BCUT2D eigenvalue weighted by Crippen LogP contribution is 2.39. The first-order valence-corrected chi connectivity index (χ1v) is 7.31. The number of amides is 1. The van der Waals surface area contributed by atoms with Crippen molar-refractivity contribution in [2.24, 2.45) is 11.8 Å². The highest BCUT2D eigenvalue weighted by Gasteiger charge is 2.43. The molecule has 1 aromatic carbocycles. The topological polar surface area (TPSA) is 49.8 Å². The van der Waals surface area contributed by atoms with Crippen molar-refractivity contribution in [3.8, 4) is 5.75 Å². The number of nitrogens with zero attached hydrogens (tertiary/aromatic N) is 1. The van der Waals surface area contributed by atoms with Crippen molar-refractivity contribution in [3.05, 3.63) is 28.7 Å². The van der Waals surface area contributed by atoms with E-state index in [0.29, 0.717) is 24.9 Å². The van der Waals surface area contributed by atoms with E-state index in [1.54, 1.807) is 0 Å². The van der Waals surface area contributed by atoms with Crippen LogP contribution in [0.25, 0.3) is 0 Å². The van der Waals surface area contributed by atoms with Crippen LogP contribution in [0.1, 0.15) is 12.8 Å². The minimum absolute atomic E-state index is 0.222. The zero-order valence-corrected chi connectivity index (χ0v) is 12.0. The van der Waals surface area contributed by atoms with Gasteiger partial charge < -0.3 is 14.7 Å². The number of halogens is 1. The predicted octanol–water partition coefficient (Wildman–Crippen LogP) is 3.22. The number of hydrogen-bond acceptors (Lipinski definition) is 2. The molecule has 0 radical (unpaired) electrons. The van der Waals surface area contributed by atoms with Crippen LogP contribution in [-0.2, 0) is 0 Å². The molecule has 0 aromatic heterocycles. The second-order valence-corrected chi connectivity index (χ2v) is 6.29. The minimum Gasteiger partial charge on any atom is -0.490 e. The summed E-state index contributed by atoms with van der Waals surface area (Å²) in [6.45, 7) is 1.33. The highest BCUT2D eigenvalue weighted by molar-refractivity contribution is 9.10. The molecule has 5 heteroatoms. The number of likely N-dealkylation sites (tertiary alicyclic amines) is 1. The van der Waals surface area contributed by atoms with Crippen LogP contribution in [0.3, 0.4) is 0 Å². The molecule has 0 bridgehead atoms. The third kappa shape index (κ3) is 2.71. The quantitative estimate of drug-likeness (QED) is 0.908. The maximum atomic E-state index is 10.9. The van der Waals surface area contributed by atoms with Gasteiger partial charge in [0, 0.05) is 17.6 Å². The third-order valence-corrected chi connectivity index (χ3v) is 4.57. The van der Waals surface area contributed by atoms with Crippen LogP contribution >= 0.6 is 15.9 Å². The largest absolute Gasteiger partial charge is 0.490 e. The van der Waals surface area contributed by atoms with E-state index >= 15 is 0 Å². The minimum atomic E-state index is -0.793. The van der Waals surface area contributed by atoms with Crippen LogP contribution in [0.5, 0.6) is 5.75 Å². The molecule has 1 aliphatic heterocycles. The molecule has 4 nitrogen and oxygen atoms in total. The van der Waals surface area contributed by atoms with Gasteiger partial charge in [0.1, 0.15) is 5.75 Å². The first kappa shape index (κ1) is 12.8. The van der Waals surface area contributed by atoms with Crippen molar-refractivity contribution in [2.75, 3.05) is 13.1 Å². The van der Waals surface area contributed by atoms with E-state index in [-0.39, 0.29) is 6.10 Å². The summed E-state index contributed by atoms with van der Waals surface area (Å²) in [6, 6.07) is 7.86. The molecule has 102 valence electrons. The van der Waals surface area contributed by atoms with Crippen molar-refractivity contribution in [1.82, 2.24) is 4.90 Å². The second-order valence-electron chi connectivity index (χ2n) is 5.38. The summed E-state index contributed by atoms with van der Waals surface area (Å²) in [6.07, 6.45) is 1.35. The Bertz CT molecular complexity index is 479. The smallest absolute Gasteiger partial charge is 0.407 e. The Labute approximate surface area is 120 Å². The molecule has 3 rings (SSSR count). The van der Waals surface area contributed by atoms with E-state index in [1.807, 2.05) is 24.3 Å². The standard InChI is InChI=1S/C14H16BrNO3/c15-11-2-1-3-12(6-11)19-13-4-9-7-16(14(17)18)8-10(9)5-13/h1-3,6,9-10,13H,4-5,7-8H2,(H,17,18)/t9-,10+,13-. The van der Waals surface area contributed by atoms with Crippen LogP contribution < -0.4 is 4.74 Å². The van der Waals surface area contributed by atoms with E-state index < -0.39 is 6.09 Å². The summed E-state index contributed by atoms with van der Waals surface area (Å²) < 4.78 is 7.01. The summed E-state index contributed by atoms with van der Waals surface area (Å²) in [5, 5.41) is 8.99. The molecule has 19 heavy (non-hydrogen) atoms. The van der Waals surface area contributed by atoms with Gasteiger partial charge in [0.2, 0.25) is 0 Å². The van der Waals surface area contributed by atoms with E-state index in [1.165, 1.54) is 4.90 Å². The lowest BCUT2D eigenvalue weighted by molar-refractivity contribution is 0.144. The Balaban J connectivity index is 1.59. The van der Waals surface area contributed by atoms with Gasteiger partial charge in [-0.2, -0.15) is 0 Å². The van der Waals surface area contributed by atoms with E-state index in [0.717, 1.165) is 23.1 Å². The van der Waals surface area contributed by atoms with Crippen LogP contribution in [0, 0.1) is 11.8 Å². The number of fused-ring (bicyclic) bond motifs is 1. The number of benzene rings is 1. The fourth-order valence-electron chi connectivity index (χ4n) is 3.23. The summed E-state index contributed by atoms with van der Waals surface area (Å²) in [5.41, 5.74) is 0. The zero-order valence-electron chi connectivity index (χ0n) is 10.5. The fourth-order valence-corrected chi connectivity index (χ4v) is 3.61. The lowest BCUT2D eigenvalue weighted by Gasteiger charge is -2.17. The van der Waals surface area contributed by atoms with Crippen LogP contribution in [0.15, 0.2) is 28.7 Å². The van der Waals surface area contributed by atoms with Crippen molar-refractivity contribution >= 4 is 22.0 Å². The summed E-state index contributed by atoms with van der Waals surface area (Å²) in [5.74, 6) is 1.82. The first-order chi connectivity index (χ1) is 9.11. The van der Waals surface area contributed by atoms with Gasteiger partial charge in [0.25, 0.3) is 0 Å². The molecule has 1 amide bonds. The van der Waals surface area contributed by atoms with Crippen molar-refractivity contribution in [3.63, 3.8) is 0 Å². The summed E-state index contributed by atoms with van der Waals surface area (Å²) >= 11 is 3.43. The molecule has 1 saturated heterocycles. The lowest BCUT2D eigenvalue weighted by Crippen LogP contribution is -2.29. The molecule has 2 fully saturated rings. The molecule has 1 heterocycles. The van der Waals surface area contributed by atoms with Crippen LogP contribution in [-0.4, -0.2) is 35.3 Å². The molecule has 1 aromatic rings. The molecule has 1 N–H and O–H groups in total. The van der Waals surface area contributed by atoms with Gasteiger partial charge in [0.15, 0.2) is 0 Å². The third-order valence-electron chi connectivity index (χ3n) is 4.08. The molecule has 0 unspecified atom stereocenters. The van der Waals surface area contributed by atoms with Gasteiger partial charge in [-0.05, 0) is 42.9 Å². The van der Waals surface area contributed by atoms with Crippen LogP contribution in [0.4, 0.5) is 4.79 Å². The maximum Gasteiger partial charge on any atom is 0.407 e. The highest BCUT2D eigenvalue weighted by atomic mass is 79.9. The molecule has 1 saturated carbocycles. The normalized spacial score (nSPS) is 29.3. The molecule has 1 aliphatic carbocycles. The zero-order chi connectivity index (χ0) is 13.4. The molecule has 3 atom stereocenters. The molecular weight excluding hydrogens is 310 g/mol. The second kappa shape index (κ2) is 5.04. The molecular formula is C14H16BrNO3. The van der Waals surface area contributed by atoms with Crippen LogP contribution in [0.2, 0.25) is 0 Å². The number of carboxylic acid groups (broad SMARTS) is 1. The Hall–Kier alpha value is -1.23. The van der Waals surface area contributed by atoms with Gasteiger partial charge in [-0.3, -0.25) is 0 Å². The average molecular weight is 326 g/mol. The van der Waals surface area contributed by atoms with Gasteiger partial charge in [0.05, 0.1) is 6.10 Å². The summed E-state index contributed by atoms with van der Waals surface area (Å²) in [4.78, 5) is 12.5. The first-order valence-electron chi connectivity index (χ1n) is 6.52. The number of ether oxygens (including phenoxy) is 1. The van der Waals surface area contributed by atoms with Crippen molar-refractivity contribution in [1.29, 1.82) is 0 Å². The number of rotatable bonds is 2. The number of hydrogen-bond donors (Lipinski definition) is 1. The monoisotopic (exact) mass is 325 g/mol. The Kier molecular flexibility index (Phi) is 3.39. The average Bonchev–Trinajstić information content (AvgIpc) is 2.86. The van der Waals surface area contributed by atoms with Crippen molar-refractivity contribution < 1.29 is 14.6 Å². The Morgan fingerprint density at radius 3 is 2.58 bits per heavy atom. The number of carbonyl (C=O) groups is 1. The maximum absolute atomic E-state index is 10.9. The summed E-state index contributed by atoms with van der Waals surface area (Å²) in [7, 11) is 0. The van der Waals surface area contributed by atoms with Crippen molar-refractivity contribution in [2.45, 2.75) is 18.9 Å². The fraction of sp³-hybridized carbons (Fsp3) is 0.500. The van der Waals surface area contributed by atoms with Gasteiger partial charge >= 0.3 is 6.09 Å². The Morgan fingerprint density at radius 1 is 1.32 bits per heavy atom.